The van der Waals surface area contributed by atoms with E-state index < -0.39 is 60.6 Å². The molecule has 7 N–H and O–H groups in total. The summed E-state index contributed by atoms with van der Waals surface area (Å²) in [5, 5.41) is 32.4. The van der Waals surface area contributed by atoms with Gasteiger partial charge in [0.15, 0.2) is 0 Å². The number of aliphatic hydroxyl groups excluding tert-OH is 2. The minimum atomic E-state index is -1.33. The van der Waals surface area contributed by atoms with Crippen molar-refractivity contribution in [3.05, 3.63) is 0 Å². The van der Waals surface area contributed by atoms with Gasteiger partial charge < -0.3 is 36.6 Å². The zero-order valence-corrected chi connectivity index (χ0v) is 14.7. The smallest absolute Gasteiger partial charge is 0.326 e. The number of carboxylic acids is 1. The molecule has 1 aliphatic rings. The molecule has 1 fully saturated rings. The van der Waals surface area contributed by atoms with Gasteiger partial charge in [-0.1, -0.05) is 0 Å². The van der Waals surface area contributed by atoms with Gasteiger partial charge in [-0.3, -0.25) is 14.4 Å². The summed E-state index contributed by atoms with van der Waals surface area (Å²) < 4.78 is 0. The zero-order valence-electron chi connectivity index (χ0n) is 14.7. The molecule has 0 aromatic carbocycles. The van der Waals surface area contributed by atoms with Gasteiger partial charge >= 0.3 is 5.97 Å². The van der Waals surface area contributed by atoms with Crippen molar-refractivity contribution in [2.75, 3.05) is 13.2 Å². The van der Waals surface area contributed by atoms with Crippen molar-refractivity contribution < 1.29 is 34.5 Å². The van der Waals surface area contributed by atoms with Gasteiger partial charge in [0.2, 0.25) is 17.7 Å². The monoisotopic (exact) mass is 374 g/mol. The number of likely N-dealkylation sites (tertiary alicyclic amines) is 1. The third-order valence-electron chi connectivity index (χ3n) is 4.19. The third kappa shape index (κ3) is 5.38. The summed E-state index contributed by atoms with van der Waals surface area (Å²) in [4.78, 5) is 48.6. The molecule has 5 atom stereocenters. The van der Waals surface area contributed by atoms with Gasteiger partial charge in [-0.2, -0.15) is 0 Å². The van der Waals surface area contributed by atoms with E-state index in [4.69, 9.17) is 10.8 Å². The predicted octanol–water partition coefficient (Wildman–Crippen LogP) is -3.25. The van der Waals surface area contributed by atoms with Crippen LogP contribution < -0.4 is 16.4 Å². The van der Waals surface area contributed by atoms with Crippen molar-refractivity contribution >= 4 is 23.7 Å². The minimum absolute atomic E-state index is 0.220. The molecule has 1 heterocycles. The number of nitrogens with zero attached hydrogens (tertiary/aromatic N) is 1. The molecule has 0 spiro atoms. The van der Waals surface area contributed by atoms with E-state index in [0.717, 1.165) is 4.90 Å². The Morgan fingerprint density at radius 1 is 1.19 bits per heavy atom. The number of hydrogen-bond donors (Lipinski definition) is 6. The van der Waals surface area contributed by atoms with E-state index in [1.54, 1.807) is 0 Å². The highest BCUT2D eigenvalue weighted by Gasteiger charge is 2.37. The molecule has 1 rings (SSSR count). The normalized spacial score (nSPS) is 21.4. The van der Waals surface area contributed by atoms with Gasteiger partial charge in [0, 0.05) is 6.54 Å². The minimum Gasteiger partial charge on any atom is -0.480 e. The van der Waals surface area contributed by atoms with Gasteiger partial charge in [-0.05, 0) is 26.7 Å². The average Bonchev–Trinajstić information content (AvgIpc) is 3.07. The first-order valence-corrected chi connectivity index (χ1v) is 8.28. The molecular weight excluding hydrogens is 348 g/mol. The highest BCUT2D eigenvalue weighted by molar-refractivity contribution is 5.94. The summed E-state index contributed by atoms with van der Waals surface area (Å²) in [5.74, 6) is -3.36. The fourth-order valence-electron chi connectivity index (χ4n) is 2.56. The summed E-state index contributed by atoms with van der Waals surface area (Å²) in [6.45, 7) is 2.17. The second kappa shape index (κ2) is 9.46. The van der Waals surface area contributed by atoms with Crippen LogP contribution in [0.1, 0.15) is 26.7 Å². The molecular formula is C15H26N4O7. The molecule has 0 bridgehead atoms. The molecule has 1 aliphatic heterocycles. The summed E-state index contributed by atoms with van der Waals surface area (Å²) >= 11 is 0. The van der Waals surface area contributed by atoms with Crippen LogP contribution in [0.4, 0.5) is 0 Å². The van der Waals surface area contributed by atoms with Crippen LogP contribution in [0.2, 0.25) is 0 Å². The first-order chi connectivity index (χ1) is 12.1. The first kappa shape index (κ1) is 21.8. The number of rotatable bonds is 8. The standard InChI is InChI=1S/C15H26N4O7/c1-7(17-13(23)11(16)8(2)21)12(22)18-9(6-20)14(24)19-5-3-4-10(19)15(25)26/h7-11,20-21H,3-6,16H2,1-2H3,(H,17,23)(H,18,22)(H,25,26). The number of carbonyl (C=O) groups excluding carboxylic acids is 3. The van der Waals surface area contributed by atoms with Crippen LogP contribution in [-0.2, 0) is 19.2 Å². The van der Waals surface area contributed by atoms with Crippen molar-refractivity contribution in [2.24, 2.45) is 5.73 Å². The Hall–Kier alpha value is -2.24. The second-order valence-corrected chi connectivity index (χ2v) is 6.27. The molecule has 148 valence electrons. The Morgan fingerprint density at radius 2 is 1.81 bits per heavy atom. The molecule has 1 saturated heterocycles. The maximum absolute atomic E-state index is 12.4. The maximum Gasteiger partial charge on any atom is 0.326 e. The number of carbonyl (C=O) groups is 4. The number of carboxylic acid groups (broad SMARTS) is 1. The average molecular weight is 374 g/mol. The van der Waals surface area contributed by atoms with Gasteiger partial charge in [-0.15, -0.1) is 0 Å². The van der Waals surface area contributed by atoms with Crippen LogP contribution in [-0.4, -0.2) is 87.3 Å². The van der Waals surface area contributed by atoms with Crippen molar-refractivity contribution in [1.29, 1.82) is 0 Å². The lowest BCUT2D eigenvalue weighted by Gasteiger charge is -2.27. The fourth-order valence-corrected chi connectivity index (χ4v) is 2.56. The molecule has 11 nitrogen and oxygen atoms in total. The van der Waals surface area contributed by atoms with Crippen molar-refractivity contribution in [3.63, 3.8) is 0 Å². The van der Waals surface area contributed by atoms with Gasteiger partial charge in [-0.25, -0.2) is 4.79 Å². The Balaban J connectivity index is 2.68. The van der Waals surface area contributed by atoms with Crippen LogP contribution in [0, 0.1) is 0 Å². The Morgan fingerprint density at radius 3 is 2.31 bits per heavy atom. The van der Waals surface area contributed by atoms with Crippen molar-refractivity contribution in [1.82, 2.24) is 15.5 Å². The Labute approximate surface area is 150 Å². The topological polar surface area (TPSA) is 182 Å². The van der Waals surface area contributed by atoms with E-state index in [-0.39, 0.29) is 6.54 Å². The largest absolute Gasteiger partial charge is 0.480 e. The van der Waals surface area contributed by atoms with E-state index >= 15 is 0 Å². The molecule has 3 amide bonds. The number of aliphatic carboxylic acids is 1. The van der Waals surface area contributed by atoms with Crippen molar-refractivity contribution in [3.8, 4) is 0 Å². The molecule has 0 radical (unpaired) electrons. The van der Waals surface area contributed by atoms with E-state index in [9.17, 15) is 29.4 Å². The molecule has 5 unspecified atom stereocenters. The third-order valence-corrected chi connectivity index (χ3v) is 4.19. The number of amides is 3. The van der Waals surface area contributed by atoms with Gasteiger partial charge in [0.25, 0.3) is 0 Å². The SMILES string of the molecule is CC(NC(=O)C(N)C(C)O)C(=O)NC(CO)C(=O)N1CCCC1C(=O)O. The number of nitrogens with one attached hydrogen (secondary N) is 2. The number of aliphatic hydroxyl groups is 2. The highest BCUT2D eigenvalue weighted by Crippen LogP contribution is 2.18. The fraction of sp³-hybridized carbons (Fsp3) is 0.733. The summed E-state index contributed by atoms with van der Waals surface area (Å²) in [5.41, 5.74) is 5.46. The highest BCUT2D eigenvalue weighted by atomic mass is 16.4. The quantitative estimate of drug-likeness (QED) is 0.256. The van der Waals surface area contributed by atoms with Crippen LogP contribution in [0.5, 0.6) is 0 Å². The lowest BCUT2D eigenvalue weighted by Crippen LogP contribution is -2.58. The van der Waals surface area contributed by atoms with E-state index in [1.807, 2.05) is 0 Å². The van der Waals surface area contributed by atoms with Gasteiger partial charge in [0.1, 0.15) is 24.2 Å². The van der Waals surface area contributed by atoms with Crippen LogP contribution in [0.3, 0.4) is 0 Å². The van der Waals surface area contributed by atoms with Gasteiger partial charge in [0.05, 0.1) is 12.7 Å². The second-order valence-electron chi connectivity index (χ2n) is 6.27. The van der Waals surface area contributed by atoms with E-state index in [0.29, 0.717) is 12.8 Å². The molecule has 0 aliphatic carbocycles. The molecule has 11 heteroatoms. The van der Waals surface area contributed by atoms with Crippen molar-refractivity contribution in [2.45, 2.75) is 57.0 Å². The Kier molecular flexibility index (Phi) is 7.93. The lowest BCUT2D eigenvalue weighted by atomic mass is 10.1. The maximum atomic E-state index is 12.4. The number of hydrogen-bond acceptors (Lipinski definition) is 7. The molecule has 0 aromatic rings. The molecule has 0 aromatic heterocycles. The summed E-state index contributed by atoms with van der Waals surface area (Å²) in [6, 6.07) is -4.62. The Bertz CT molecular complexity index is 554. The van der Waals surface area contributed by atoms with Crippen LogP contribution in [0.25, 0.3) is 0 Å². The first-order valence-electron chi connectivity index (χ1n) is 8.28. The lowest BCUT2D eigenvalue weighted by molar-refractivity contribution is -0.150. The molecule has 0 saturated carbocycles. The van der Waals surface area contributed by atoms with Crippen LogP contribution >= 0.6 is 0 Å². The summed E-state index contributed by atoms with van der Waals surface area (Å²) in [6.07, 6.45) is -0.296. The van der Waals surface area contributed by atoms with E-state index in [2.05, 4.69) is 10.6 Å². The zero-order chi connectivity index (χ0) is 20.0. The summed E-state index contributed by atoms with van der Waals surface area (Å²) in [7, 11) is 0. The number of nitrogens with two attached hydrogens (primary N) is 1. The predicted molar refractivity (Wildman–Crippen MR) is 88.6 cm³/mol. The molecule has 26 heavy (non-hydrogen) atoms. The van der Waals surface area contributed by atoms with E-state index in [1.165, 1.54) is 13.8 Å². The van der Waals surface area contributed by atoms with Crippen LogP contribution in [0.15, 0.2) is 0 Å².